The molecule has 0 saturated heterocycles. The van der Waals surface area contributed by atoms with Crippen LogP contribution in [0.2, 0.25) is 0 Å². The Bertz CT molecular complexity index is 485. The van der Waals surface area contributed by atoms with Gasteiger partial charge in [-0.1, -0.05) is 11.2 Å². The number of nitrogens with zero attached hydrogens (tertiary/aromatic N) is 2. The number of aromatic hydroxyl groups is 1. The summed E-state index contributed by atoms with van der Waals surface area (Å²) in [5, 5.41) is 16.4. The average molecular weight is 249 g/mol. The van der Waals surface area contributed by atoms with E-state index in [0.29, 0.717) is 31.3 Å². The van der Waals surface area contributed by atoms with Crippen LogP contribution < -0.4 is 10.1 Å². The van der Waals surface area contributed by atoms with Gasteiger partial charge in [-0.2, -0.15) is 4.98 Å². The van der Waals surface area contributed by atoms with Crippen molar-refractivity contribution in [2.45, 2.75) is 20.0 Å². The van der Waals surface area contributed by atoms with Gasteiger partial charge in [0, 0.05) is 6.54 Å². The van der Waals surface area contributed by atoms with Crippen molar-refractivity contribution in [2.24, 2.45) is 0 Å². The number of phenols is 1. The third kappa shape index (κ3) is 3.21. The van der Waals surface area contributed by atoms with Crippen LogP contribution in [0.3, 0.4) is 0 Å². The lowest BCUT2D eigenvalue weighted by Gasteiger charge is -2.08. The molecule has 0 aliphatic heterocycles. The standard InChI is InChI=1S/C12H15N3O3/c1-2-17-11-5-9(3-4-10(11)16)6-13-7-12-14-8-18-15-12/h3-5,8,13,16H,2,6-7H2,1H3. The van der Waals surface area contributed by atoms with E-state index < -0.39 is 0 Å². The zero-order valence-corrected chi connectivity index (χ0v) is 10.1. The van der Waals surface area contributed by atoms with Gasteiger partial charge in [0.15, 0.2) is 17.3 Å². The van der Waals surface area contributed by atoms with E-state index in [4.69, 9.17) is 4.74 Å². The molecule has 0 amide bonds. The highest BCUT2D eigenvalue weighted by atomic mass is 16.5. The minimum atomic E-state index is 0.152. The molecule has 0 bridgehead atoms. The van der Waals surface area contributed by atoms with Crippen LogP contribution in [0.1, 0.15) is 18.3 Å². The maximum absolute atomic E-state index is 9.56. The Kier molecular flexibility index (Phi) is 4.14. The van der Waals surface area contributed by atoms with Gasteiger partial charge in [0.05, 0.1) is 13.2 Å². The average Bonchev–Trinajstić information content (AvgIpc) is 2.87. The first kappa shape index (κ1) is 12.4. The molecule has 0 saturated carbocycles. The molecule has 18 heavy (non-hydrogen) atoms. The summed E-state index contributed by atoms with van der Waals surface area (Å²) in [6, 6.07) is 5.26. The van der Waals surface area contributed by atoms with Crippen LogP contribution in [0.25, 0.3) is 0 Å². The van der Waals surface area contributed by atoms with Crippen molar-refractivity contribution in [1.29, 1.82) is 0 Å². The summed E-state index contributed by atoms with van der Waals surface area (Å²) < 4.78 is 9.94. The maximum atomic E-state index is 9.56. The SMILES string of the molecule is CCOc1cc(CNCc2ncon2)ccc1O. The first-order valence-corrected chi connectivity index (χ1v) is 5.70. The van der Waals surface area contributed by atoms with Crippen LogP contribution in [0.15, 0.2) is 29.1 Å². The van der Waals surface area contributed by atoms with Gasteiger partial charge in [-0.05, 0) is 24.6 Å². The van der Waals surface area contributed by atoms with Crippen molar-refractivity contribution < 1.29 is 14.4 Å². The van der Waals surface area contributed by atoms with Gasteiger partial charge in [0.25, 0.3) is 0 Å². The summed E-state index contributed by atoms with van der Waals surface area (Å²) >= 11 is 0. The quantitative estimate of drug-likeness (QED) is 0.806. The van der Waals surface area contributed by atoms with Gasteiger partial charge >= 0.3 is 0 Å². The van der Waals surface area contributed by atoms with Crippen LogP contribution in [-0.2, 0) is 13.1 Å². The number of aromatic nitrogens is 2. The van der Waals surface area contributed by atoms with Crippen LogP contribution in [0.5, 0.6) is 11.5 Å². The summed E-state index contributed by atoms with van der Waals surface area (Å²) in [6.07, 6.45) is 1.30. The molecule has 0 unspecified atom stereocenters. The van der Waals surface area contributed by atoms with Crippen molar-refractivity contribution in [3.63, 3.8) is 0 Å². The monoisotopic (exact) mass is 249 g/mol. The molecule has 0 aliphatic rings. The van der Waals surface area contributed by atoms with Gasteiger partial charge in [0.1, 0.15) is 0 Å². The molecule has 0 aliphatic carbocycles. The number of hydrogen-bond acceptors (Lipinski definition) is 6. The minimum Gasteiger partial charge on any atom is -0.504 e. The molecule has 1 heterocycles. The molecule has 2 rings (SSSR count). The van der Waals surface area contributed by atoms with E-state index in [-0.39, 0.29) is 5.75 Å². The van der Waals surface area contributed by atoms with E-state index in [1.54, 1.807) is 6.07 Å². The molecule has 1 aromatic carbocycles. The molecular formula is C12H15N3O3. The van der Waals surface area contributed by atoms with E-state index >= 15 is 0 Å². The van der Waals surface area contributed by atoms with Crippen molar-refractivity contribution in [1.82, 2.24) is 15.5 Å². The Morgan fingerprint density at radius 2 is 2.28 bits per heavy atom. The van der Waals surface area contributed by atoms with Gasteiger partial charge in [0.2, 0.25) is 6.39 Å². The first-order valence-electron chi connectivity index (χ1n) is 5.70. The number of phenolic OH excluding ortho intramolecular Hbond substituents is 1. The Morgan fingerprint density at radius 1 is 1.39 bits per heavy atom. The Hall–Kier alpha value is -2.08. The molecule has 2 aromatic rings. The van der Waals surface area contributed by atoms with E-state index in [9.17, 15) is 5.11 Å². The third-order valence-electron chi connectivity index (χ3n) is 2.34. The third-order valence-corrected chi connectivity index (χ3v) is 2.34. The van der Waals surface area contributed by atoms with Gasteiger partial charge < -0.3 is 19.7 Å². The lowest BCUT2D eigenvalue weighted by molar-refractivity contribution is 0.317. The number of hydrogen-bond donors (Lipinski definition) is 2. The topological polar surface area (TPSA) is 80.4 Å². The summed E-state index contributed by atoms with van der Waals surface area (Å²) in [6.45, 7) is 3.56. The molecule has 1 aromatic heterocycles. The molecular weight excluding hydrogens is 234 g/mol. The number of benzene rings is 1. The minimum absolute atomic E-state index is 0.152. The van der Waals surface area contributed by atoms with Gasteiger partial charge in [-0.25, -0.2) is 0 Å². The normalized spacial score (nSPS) is 10.5. The largest absolute Gasteiger partial charge is 0.504 e. The predicted molar refractivity (Wildman–Crippen MR) is 64.1 cm³/mol. The van der Waals surface area contributed by atoms with Crippen molar-refractivity contribution in [3.8, 4) is 11.5 Å². The van der Waals surface area contributed by atoms with Crippen molar-refractivity contribution >= 4 is 0 Å². The van der Waals surface area contributed by atoms with E-state index in [2.05, 4.69) is 20.0 Å². The van der Waals surface area contributed by atoms with Crippen LogP contribution >= 0.6 is 0 Å². The highest BCUT2D eigenvalue weighted by Gasteiger charge is 2.04. The fourth-order valence-electron chi connectivity index (χ4n) is 1.53. The first-order chi connectivity index (χ1) is 8.79. The van der Waals surface area contributed by atoms with E-state index in [1.807, 2.05) is 19.1 Å². The van der Waals surface area contributed by atoms with Gasteiger partial charge in [-0.3, -0.25) is 0 Å². The maximum Gasteiger partial charge on any atom is 0.213 e. The molecule has 96 valence electrons. The zero-order valence-electron chi connectivity index (χ0n) is 10.1. The zero-order chi connectivity index (χ0) is 12.8. The van der Waals surface area contributed by atoms with Crippen molar-refractivity contribution in [2.75, 3.05) is 6.61 Å². The Balaban J connectivity index is 1.90. The molecule has 6 heteroatoms. The second kappa shape index (κ2) is 6.02. The van der Waals surface area contributed by atoms with Crippen LogP contribution in [0.4, 0.5) is 0 Å². The molecule has 2 N–H and O–H groups in total. The number of nitrogens with one attached hydrogen (secondary N) is 1. The second-order valence-corrected chi connectivity index (χ2v) is 3.69. The predicted octanol–water partition coefficient (Wildman–Crippen LogP) is 1.46. The second-order valence-electron chi connectivity index (χ2n) is 3.69. The number of rotatable bonds is 6. The van der Waals surface area contributed by atoms with Crippen molar-refractivity contribution in [3.05, 3.63) is 36.0 Å². The number of ether oxygens (including phenoxy) is 1. The lowest BCUT2D eigenvalue weighted by Crippen LogP contribution is -2.13. The Labute approximate surface area is 105 Å². The summed E-state index contributed by atoms with van der Waals surface area (Å²) in [4.78, 5) is 3.90. The highest BCUT2D eigenvalue weighted by Crippen LogP contribution is 2.26. The molecule has 0 atom stereocenters. The fraction of sp³-hybridized carbons (Fsp3) is 0.333. The summed E-state index contributed by atoms with van der Waals surface area (Å²) in [5.41, 5.74) is 1.01. The summed E-state index contributed by atoms with van der Waals surface area (Å²) in [7, 11) is 0. The highest BCUT2D eigenvalue weighted by molar-refractivity contribution is 5.41. The van der Waals surface area contributed by atoms with Gasteiger partial charge in [-0.15, -0.1) is 0 Å². The Morgan fingerprint density at radius 3 is 3.00 bits per heavy atom. The smallest absolute Gasteiger partial charge is 0.213 e. The van der Waals surface area contributed by atoms with E-state index in [1.165, 1.54) is 6.39 Å². The van der Waals surface area contributed by atoms with Crippen LogP contribution in [0, 0.1) is 0 Å². The van der Waals surface area contributed by atoms with Crippen LogP contribution in [-0.4, -0.2) is 21.9 Å². The fourth-order valence-corrected chi connectivity index (χ4v) is 1.53. The molecule has 0 radical (unpaired) electrons. The lowest BCUT2D eigenvalue weighted by atomic mass is 10.2. The summed E-state index contributed by atoms with van der Waals surface area (Å²) in [5.74, 6) is 1.26. The molecule has 0 fully saturated rings. The van der Waals surface area contributed by atoms with E-state index in [0.717, 1.165) is 5.56 Å². The molecule has 0 spiro atoms. The molecule has 6 nitrogen and oxygen atoms in total.